The van der Waals surface area contributed by atoms with Crippen LogP contribution in [0, 0.1) is 0 Å². The van der Waals surface area contributed by atoms with E-state index in [1.165, 1.54) is 24.1 Å². The molecular weight excluding hydrogens is 329 g/mol. The summed E-state index contributed by atoms with van der Waals surface area (Å²) in [6, 6.07) is 4.73. The Morgan fingerprint density at radius 1 is 1.33 bits per heavy atom. The Labute approximate surface area is 136 Å². The lowest BCUT2D eigenvalue weighted by Crippen LogP contribution is -2.40. The largest absolute Gasteiger partial charge is 0.573 e. The van der Waals surface area contributed by atoms with Crippen molar-refractivity contribution in [1.29, 1.82) is 0 Å². The van der Waals surface area contributed by atoms with Gasteiger partial charge in [0.15, 0.2) is 0 Å². The predicted octanol–water partition coefficient (Wildman–Crippen LogP) is 2.16. The second-order valence-corrected chi connectivity index (χ2v) is 5.32. The topological polar surface area (TPSA) is 67.9 Å². The number of hydrogen-bond acceptors (Lipinski definition) is 4. The van der Waals surface area contributed by atoms with Crippen molar-refractivity contribution in [3.8, 4) is 5.75 Å². The molecule has 1 atom stereocenters. The summed E-state index contributed by atoms with van der Waals surface area (Å²) < 4.78 is 45.2. The van der Waals surface area contributed by atoms with Gasteiger partial charge in [0.25, 0.3) is 5.91 Å². The van der Waals surface area contributed by atoms with Crippen LogP contribution in [-0.4, -0.2) is 49.4 Å². The summed E-state index contributed by atoms with van der Waals surface area (Å²) in [7, 11) is 1.49. The monoisotopic (exact) mass is 346 g/mol. The second-order valence-electron chi connectivity index (χ2n) is 5.32. The summed E-state index contributed by atoms with van der Waals surface area (Å²) in [5.74, 6) is -1.11. The Morgan fingerprint density at radius 2 is 2.00 bits per heavy atom. The lowest BCUT2D eigenvalue weighted by Gasteiger charge is -2.20. The molecule has 1 aliphatic heterocycles. The number of carbonyl (C=O) groups excluding carboxylic acids is 2. The van der Waals surface area contributed by atoms with Crippen molar-refractivity contribution in [2.45, 2.75) is 25.3 Å². The minimum atomic E-state index is -4.77. The van der Waals surface area contributed by atoms with Crippen LogP contribution in [0.1, 0.15) is 12.8 Å². The van der Waals surface area contributed by atoms with Gasteiger partial charge in [-0.05, 0) is 37.1 Å². The normalized spacial score (nSPS) is 17.4. The number of anilines is 1. The van der Waals surface area contributed by atoms with Crippen LogP contribution in [0.15, 0.2) is 24.3 Å². The van der Waals surface area contributed by atoms with Crippen LogP contribution < -0.4 is 10.1 Å². The molecule has 1 heterocycles. The zero-order valence-electron chi connectivity index (χ0n) is 12.9. The Morgan fingerprint density at radius 3 is 2.54 bits per heavy atom. The van der Waals surface area contributed by atoms with E-state index in [0.717, 1.165) is 18.6 Å². The number of alkyl halides is 3. The van der Waals surface area contributed by atoms with Gasteiger partial charge in [0.2, 0.25) is 5.91 Å². The molecule has 24 heavy (non-hydrogen) atoms. The summed E-state index contributed by atoms with van der Waals surface area (Å²) >= 11 is 0. The van der Waals surface area contributed by atoms with Gasteiger partial charge in [-0.25, -0.2) is 0 Å². The van der Waals surface area contributed by atoms with Crippen molar-refractivity contribution in [1.82, 2.24) is 4.90 Å². The Hall–Kier alpha value is -2.29. The summed E-state index contributed by atoms with van der Waals surface area (Å²) in [5.41, 5.74) is 0.299. The minimum absolute atomic E-state index is 0.181. The van der Waals surface area contributed by atoms with E-state index >= 15 is 0 Å². The van der Waals surface area contributed by atoms with Crippen molar-refractivity contribution < 1.29 is 32.2 Å². The number of hydrogen-bond donors (Lipinski definition) is 1. The van der Waals surface area contributed by atoms with Crippen LogP contribution in [0.25, 0.3) is 0 Å². The Kier molecular flexibility index (Phi) is 5.66. The number of rotatable bonds is 5. The van der Waals surface area contributed by atoms with Gasteiger partial charge in [0, 0.05) is 19.3 Å². The van der Waals surface area contributed by atoms with Crippen LogP contribution in [0.4, 0.5) is 18.9 Å². The fraction of sp³-hybridized carbons (Fsp3) is 0.467. The summed E-state index contributed by atoms with van der Waals surface area (Å²) in [6.07, 6.45) is -3.84. The molecule has 2 rings (SSSR count). The van der Waals surface area contributed by atoms with E-state index in [2.05, 4.69) is 10.1 Å². The van der Waals surface area contributed by atoms with E-state index in [4.69, 9.17) is 4.74 Å². The zero-order valence-corrected chi connectivity index (χ0v) is 12.9. The predicted molar refractivity (Wildman–Crippen MR) is 78.4 cm³/mol. The molecule has 1 unspecified atom stereocenters. The molecule has 1 aromatic carbocycles. The molecule has 1 N–H and O–H groups in total. The lowest BCUT2D eigenvalue weighted by atomic mass is 10.2. The van der Waals surface area contributed by atoms with Crippen molar-refractivity contribution in [3.05, 3.63) is 24.3 Å². The zero-order chi connectivity index (χ0) is 17.7. The standard InChI is InChI=1S/C15H17F3N2O4/c1-20(14(22)12-3-2-8-23-12)9-13(21)19-10-4-6-11(7-5-10)24-15(16,17)18/h4-7,12H,2-3,8-9H2,1H3,(H,19,21). The van der Waals surface area contributed by atoms with E-state index < -0.39 is 18.4 Å². The molecule has 0 spiro atoms. The highest BCUT2D eigenvalue weighted by Gasteiger charge is 2.31. The highest BCUT2D eigenvalue weighted by atomic mass is 19.4. The third-order valence-electron chi connectivity index (χ3n) is 3.33. The van der Waals surface area contributed by atoms with E-state index in [1.54, 1.807) is 0 Å². The van der Waals surface area contributed by atoms with Gasteiger partial charge in [-0.3, -0.25) is 9.59 Å². The first-order valence-electron chi connectivity index (χ1n) is 7.27. The molecule has 0 bridgehead atoms. The molecule has 9 heteroatoms. The number of halogens is 3. The van der Waals surface area contributed by atoms with Gasteiger partial charge in [0.05, 0.1) is 6.54 Å². The number of amides is 2. The third-order valence-corrected chi connectivity index (χ3v) is 3.33. The summed E-state index contributed by atoms with van der Waals surface area (Å²) in [4.78, 5) is 25.2. The molecule has 0 saturated carbocycles. The number of nitrogens with zero attached hydrogens (tertiary/aromatic N) is 1. The molecule has 1 aromatic rings. The van der Waals surface area contributed by atoms with E-state index in [9.17, 15) is 22.8 Å². The fourth-order valence-electron chi connectivity index (χ4n) is 2.25. The molecule has 1 saturated heterocycles. The van der Waals surface area contributed by atoms with Crippen LogP contribution in [0.3, 0.4) is 0 Å². The number of ether oxygens (including phenoxy) is 2. The van der Waals surface area contributed by atoms with Crippen LogP contribution in [0.2, 0.25) is 0 Å². The number of benzene rings is 1. The van der Waals surface area contributed by atoms with Gasteiger partial charge in [-0.15, -0.1) is 13.2 Å². The van der Waals surface area contributed by atoms with E-state index in [1.807, 2.05) is 0 Å². The third kappa shape index (κ3) is 5.41. The van der Waals surface area contributed by atoms with Gasteiger partial charge >= 0.3 is 6.36 Å². The first kappa shape index (κ1) is 18.1. The molecule has 1 fully saturated rings. The van der Waals surface area contributed by atoms with Gasteiger partial charge in [-0.1, -0.05) is 0 Å². The van der Waals surface area contributed by atoms with Crippen LogP contribution >= 0.6 is 0 Å². The minimum Gasteiger partial charge on any atom is -0.406 e. The molecule has 1 aliphatic rings. The molecule has 132 valence electrons. The first-order chi connectivity index (χ1) is 11.2. The quantitative estimate of drug-likeness (QED) is 0.887. The smallest absolute Gasteiger partial charge is 0.406 e. The maximum Gasteiger partial charge on any atom is 0.573 e. The van der Waals surface area contributed by atoms with Crippen LogP contribution in [0.5, 0.6) is 5.75 Å². The summed E-state index contributed by atoms with van der Waals surface area (Å²) in [5, 5.41) is 2.50. The average molecular weight is 346 g/mol. The molecule has 0 aromatic heterocycles. The highest BCUT2D eigenvalue weighted by Crippen LogP contribution is 2.24. The van der Waals surface area contributed by atoms with Crippen molar-refractivity contribution >= 4 is 17.5 Å². The maximum absolute atomic E-state index is 12.1. The molecule has 0 aliphatic carbocycles. The van der Waals surface area contributed by atoms with E-state index in [-0.39, 0.29) is 18.2 Å². The molecule has 2 amide bonds. The molecular formula is C15H17F3N2O4. The van der Waals surface area contributed by atoms with Crippen molar-refractivity contribution in [2.24, 2.45) is 0 Å². The lowest BCUT2D eigenvalue weighted by molar-refractivity contribution is -0.274. The molecule has 0 radical (unpaired) electrons. The Balaban J connectivity index is 1.84. The van der Waals surface area contributed by atoms with Crippen LogP contribution in [-0.2, 0) is 14.3 Å². The second kappa shape index (κ2) is 7.52. The van der Waals surface area contributed by atoms with E-state index in [0.29, 0.717) is 18.7 Å². The number of likely N-dealkylation sites (N-methyl/N-ethyl adjacent to an activating group) is 1. The number of nitrogens with one attached hydrogen (secondary N) is 1. The first-order valence-corrected chi connectivity index (χ1v) is 7.27. The Bertz CT molecular complexity index is 583. The number of carbonyl (C=O) groups is 2. The fourth-order valence-corrected chi connectivity index (χ4v) is 2.25. The average Bonchev–Trinajstić information content (AvgIpc) is 3.01. The summed E-state index contributed by atoms with van der Waals surface area (Å²) in [6.45, 7) is 0.349. The van der Waals surface area contributed by atoms with Crippen molar-refractivity contribution in [3.63, 3.8) is 0 Å². The van der Waals surface area contributed by atoms with Crippen molar-refractivity contribution in [2.75, 3.05) is 25.5 Å². The SMILES string of the molecule is CN(CC(=O)Nc1ccc(OC(F)(F)F)cc1)C(=O)C1CCCO1. The van der Waals surface area contributed by atoms with Gasteiger partial charge in [-0.2, -0.15) is 0 Å². The van der Waals surface area contributed by atoms with Gasteiger partial charge in [0.1, 0.15) is 11.9 Å². The molecule has 6 nitrogen and oxygen atoms in total. The maximum atomic E-state index is 12.1. The highest BCUT2D eigenvalue weighted by molar-refractivity contribution is 5.95. The van der Waals surface area contributed by atoms with Gasteiger partial charge < -0.3 is 19.7 Å².